The van der Waals surface area contributed by atoms with Crippen molar-refractivity contribution in [3.63, 3.8) is 0 Å². The second kappa shape index (κ2) is 6.89. The largest absolute Gasteiger partial charge is 0.454 e. The van der Waals surface area contributed by atoms with Gasteiger partial charge in [0.05, 0.1) is 5.56 Å². The molecular weight excluding hydrogens is 366 g/mol. The van der Waals surface area contributed by atoms with E-state index in [1.165, 1.54) is 4.90 Å². The lowest BCUT2D eigenvalue weighted by atomic mass is 9.74. The maximum atomic E-state index is 13.4. The molecule has 0 radical (unpaired) electrons. The fourth-order valence-electron chi connectivity index (χ4n) is 4.08. The van der Waals surface area contributed by atoms with Crippen molar-refractivity contribution in [3.05, 3.63) is 58.6 Å². The average Bonchev–Trinajstić information content (AvgIpc) is 3.17. The van der Waals surface area contributed by atoms with E-state index in [1.807, 2.05) is 18.2 Å². The van der Waals surface area contributed by atoms with E-state index in [1.54, 1.807) is 31.3 Å². The number of rotatable bonds is 3. The van der Waals surface area contributed by atoms with Crippen LogP contribution in [0.15, 0.2) is 42.5 Å². The van der Waals surface area contributed by atoms with Crippen molar-refractivity contribution in [1.29, 1.82) is 0 Å². The Morgan fingerprint density at radius 2 is 1.93 bits per heavy atom. The zero-order chi connectivity index (χ0) is 19.0. The van der Waals surface area contributed by atoms with Crippen molar-refractivity contribution in [2.24, 2.45) is 0 Å². The summed E-state index contributed by atoms with van der Waals surface area (Å²) in [5.41, 5.74) is -0.00942. The van der Waals surface area contributed by atoms with E-state index >= 15 is 0 Å². The molecule has 0 N–H and O–H groups in total. The summed E-state index contributed by atoms with van der Waals surface area (Å²) in [6.45, 7) is 0.0813. The van der Waals surface area contributed by atoms with Crippen LogP contribution in [-0.2, 0) is 10.3 Å². The summed E-state index contributed by atoms with van der Waals surface area (Å²) in [6, 6.07) is 12.5. The molecule has 1 saturated carbocycles. The molecule has 140 valence electrons. The maximum Gasteiger partial charge on any atom is 0.258 e. The number of nitrogens with zero attached hydrogens (tertiary/aromatic N) is 1. The van der Waals surface area contributed by atoms with Gasteiger partial charge in [0.1, 0.15) is 5.54 Å². The molecule has 5 nitrogen and oxygen atoms in total. The van der Waals surface area contributed by atoms with Crippen molar-refractivity contribution in [1.82, 2.24) is 4.90 Å². The molecule has 2 aromatic carbocycles. The SMILES string of the molecule is CN(C(=O)c1cccc2c1OCO2)C1(c2ccccc2Cl)CCCCC1=O. The van der Waals surface area contributed by atoms with Crippen LogP contribution in [0.3, 0.4) is 0 Å². The molecule has 0 spiro atoms. The molecule has 2 aliphatic rings. The highest BCUT2D eigenvalue weighted by atomic mass is 35.5. The summed E-state index contributed by atoms with van der Waals surface area (Å²) >= 11 is 6.47. The standard InChI is InChI=1S/C21H20ClNO4/c1-23(20(25)14-7-6-10-17-19(14)27-13-26-17)21(12-5-4-11-18(21)24)15-8-2-3-9-16(15)22/h2-3,6-10H,4-5,11-13H2,1H3. The van der Waals surface area contributed by atoms with Gasteiger partial charge in [0, 0.05) is 24.1 Å². The first kappa shape index (κ1) is 17.9. The maximum absolute atomic E-state index is 13.4. The minimum absolute atomic E-state index is 0.0162. The van der Waals surface area contributed by atoms with E-state index in [2.05, 4.69) is 0 Å². The van der Waals surface area contributed by atoms with Gasteiger partial charge in [0.2, 0.25) is 6.79 Å². The van der Waals surface area contributed by atoms with Crippen LogP contribution in [0.5, 0.6) is 11.5 Å². The molecular formula is C21H20ClNO4. The molecule has 1 amide bonds. The fourth-order valence-corrected chi connectivity index (χ4v) is 4.37. The van der Waals surface area contributed by atoms with Gasteiger partial charge in [0.25, 0.3) is 5.91 Å². The minimum atomic E-state index is -1.07. The van der Waals surface area contributed by atoms with Crippen LogP contribution in [0.4, 0.5) is 0 Å². The molecule has 6 heteroatoms. The average molecular weight is 386 g/mol. The lowest BCUT2D eigenvalue weighted by Gasteiger charge is -2.44. The monoisotopic (exact) mass is 385 g/mol. The van der Waals surface area contributed by atoms with E-state index in [9.17, 15) is 9.59 Å². The number of ether oxygens (including phenoxy) is 2. The molecule has 1 aliphatic heterocycles. The first-order valence-corrected chi connectivity index (χ1v) is 9.38. The Hall–Kier alpha value is -2.53. The molecule has 1 fully saturated rings. The molecule has 27 heavy (non-hydrogen) atoms. The highest BCUT2D eigenvalue weighted by Gasteiger charge is 2.48. The van der Waals surface area contributed by atoms with Crippen molar-refractivity contribution in [3.8, 4) is 11.5 Å². The van der Waals surface area contributed by atoms with Crippen LogP contribution in [-0.4, -0.2) is 30.4 Å². The van der Waals surface area contributed by atoms with Crippen molar-refractivity contribution in [2.75, 3.05) is 13.8 Å². The van der Waals surface area contributed by atoms with Crippen LogP contribution in [0.2, 0.25) is 5.02 Å². The molecule has 0 saturated heterocycles. The molecule has 1 unspecified atom stereocenters. The Bertz CT molecular complexity index is 913. The smallest absolute Gasteiger partial charge is 0.258 e. The van der Waals surface area contributed by atoms with Crippen LogP contribution in [0.25, 0.3) is 0 Å². The predicted octanol–water partition coefficient (Wildman–Crippen LogP) is 4.18. The quantitative estimate of drug-likeness (QED) is 0.795. The highest BCUT2D eigenvalue weighted by molar-refractivity contribution is 6.31. The number of para-hydroxylation sites is 1. The number of ketones is 1. The lowest BCUT2D eigenvalue weighted by Crippen LogP contribution is -2.54. The molecule has 4 rings (SSSR count). The van der Waals surface area contributed by atoms with Crippen LogP contribution in [0, 0.1) is 0 Å². The summed E-state index contributed by atoms with van der Waals surface area (Å²) in [7, 11) is 1.67. The third-order valence-corrected chi connectivity index (χ3v) is 5.81. The van der Waals surface area contributed by atoms with Crippen LogP contribution in [0.1, 0.15) is 41.6 Å². The number of hydrogen-bond acceptors (Lipinski definition) is 4. The van der Waals surface area contributed by atoms with Crippen LogP contribution >= 0.6 is 11.6 Å². The predicted molar refractivity (Wildman–Crippen MR) is 101 cm³/mol. The van der Waals surface area contributed by atoms with E-state index < -0.39 is 5.54 Å². The number of Topliss-reactive ketones (excluding diaryl/α,β-unsaturated/α-hetero) is 1. The second-order valence-corrected chi connectivity index (χ2v) is 7.28. The van der Waals surface area contributed by atoms with Crippen molar-refractivity contribution >= 4 is 23.3 Å². The molecule has 2 aromatic rings. The topological polar surface area (TPSA) is 55.8 Å². The van der Waals surface area contributed by atoms with Gasteiger partial charge >= 0.3 is 0 Å². The first-order valence-electron chi connectivity index (χ1n) is 9.01. The second-order valence-electron chi connectivity index (χ2n) is 6.87. The summed E-state index contributed by atoms with van der Waals surface area (Å²) in [6.07, 6.45) is 2.64. The molecule has 1 heterocycles. The lowest BCUT2D eigenvalue weighted by molar-refractivity contribution is -0.132. The van der Waals surface area contributed by atoms with Gasteiger partial charge in [-0.15, -0.1) is 0 Å². The van der Waals surface area contributed by atoms with Gasteiger partial charge in [0.15, 0.2) is 17.3 Å². The normalized spacial score (nSPS) is 21.2. The third-order valence-electron chi connectivity index (χ3n) is 5.48. The summed E-state index contributed by atoms with van der Waals surface area (Å²) in [4.78, 5) is 28.1. The minimum Gasteiger partial charge on any atom is -0.454 e. The van der Waals surface area contributed by atoms with Gasteiger partial charge < -0.3 is 14.4 Å². The van der Waals surface area contributed by atoms with Gasteiger partial charge in [-0.05, 0) is 37.5 Å². The Balaban J connectivity index is 1.82. The highest BCUT2D eigenvalue weighted by Crippen LogP contribution is 2.44. The summed E-state index contributed by atoms with van der Waals surface area (Å²) < 4.78 is 10.9. The summed E-state index contributed by atoms with van der Waals surface area (Å²) in [5, 5.41) is 0.491. The van der Waals surface area contributed by atoms with E-state index in [4.69, 9.17) is 21.1 Å². The van der Waals surface area contributed by atoms with Gasteiger partial charge in [-0.2, -0.15) is 0 Å². The number of likely N-dealkylation sites (N-methyl/N-ethyl adjacent to an activating group) is 1. The first-order chi connectivity index (χ1) is 13.1. The van der Waals surface area contributed by atoms with Crippen molar-refractivity contribution in [2.45, 2.75) is 31.2 Å². The number of halogens is 1. The number of benzene rings is 2. The van der Waals surface area contributed by atoms with E-state index in [0.717, 1.165) is 12.8 Å². The Morgan fingerprint density at radius 1 is 1.11 bits per heavy atom. The van der Waals surface area contributed by atoms with E-state index in [-0.39, 0.29) is 18.5 Å². The van der Waals surface area contributed by atoms with Crippen LogP contribution < -0.4 is 9.47 Å². The zero-order valence-corrected chi connectivity index (χ0v) is 15.8. The van der Waals surface area contributed by atoms with E-state index in [0.29, 0.717) is 40.5 Å². The zero-order valence-electron chi connectivity index (χ0n) is 15.0. The molecule has 1 atom stereocenters. The Kier molecular flexibility index (Phi) is 4.56. The number of amides is 1. The Labute approximate surface area is 162 Å². The third kappa shape index (κ3) is 2.77. The number of fused-ring (bicyclic) bond motifs is 1. The summed E-state index contributed by atoms with van der Waals surface area (Å²) in [5.74, 6) is 0.692. The molecule has 1 aliphatic carbocycles. The number of carbonyl (C=O) groups is 2. The van der Waals surface area contributed by atoms with Gasteiger partial charge in [-0.25, -0.2) is 0 Å². The fraction of sp³-hybridized carbons (Fsp3) is 0.333. The Morgan fingerprint density at radius 3 is 2.70 bits per heavy atom. The van der Waals surface area contributed by atoms with Crippen molar-refractivity contribution < 1.29 is 19.1 Å². The number of hydrogen-bond donors (Lipinski definition) is 0. The van der Waals surface area contributed by atoms with Gasteiger partial charge in [-0.3, -0.25) is 9.59 Å². The molecule has 0 aromatic heterocycles. The number of carbonyl (C=O) groups excluding carboxylic acids is 2. The molecule has 0 bridgehead atoms. The van der Waals surface area contributed by atoms with Gasteiger partial charge in [-0.1, -0.05) is 35.9 Å².